The maximum Gasteiger partial charge on any atom is 0.324 e. The number of halogens is 2. The van der Waals surface area contributed by atoms with Crippen LogP contribution < -0.4 is 16.0 Å². The molecule has 2 atom stereocenters. The van der Waals surface area contributed by atoms with Crippen LogP contribution in [0.25, 0.3) is 21.1 Å². The number of H-pyrrole nitrogens is 2. The number of aromatic amines is 2. The zero-order valence-corrected chi connectivity index (χ0v) is 33.6. The number of nitrogen functional groups attached to an aromatic ring is 1. The predicted octanol–water partition coefficient (Wildman–Crippen LogP) is 14.2. The number of rotatable bonds is 3. The van der Waals surface area contributed by atoms with E-state index in [1.54, 1.807) is 65.0 Å². The van der Waals surface area contributed by atoms with E-state index >= 15 is 0 Å². The summed E-state index contributed by atoms with van der Waals surface area (Å²) < 4.78 is 0. The number of hydrogen-bond donors (Lipinski definition) is 4. The van der Waals surface area contributed by atoms with Crippen molar-refractivity contribution in [1.82, 2.24) is 30.6 Å². The summed E-state index contributed by atoms with van der Waals surface area (Å²) in [7, 11) is 1.78. The zero-order valence-electron chi connectivity index (χ0n) is 28.4. The summed E-state index contributed by atoms with van der Waals surface area (Å²) in [6.07, 6.45) is 1.82. The second kappa shape index (κ2) is 29.7. The molecule has 9 nitrogen and oxygen atoms in total. The summed E-state index contributed by atoms with van der Waals surface area (Å²) >= 11 is 15.0. The Hall–Kier alpha value is -3.43. The van der Waals surface area contributed by atoms with E-state index in [9.17, 15) is 4.79 Å². The van der Waals surface area contributed by atoms with Crippen LogP contribution in [0.1, 0.15) is 95.8 Å². The van der Waals surface area contributed by atoms with Gasteiger partial charge in [-0.3, -0.25) is 15.1 Å². The van der Waals surface area contributed by atoms with Crippen LogP contribution in [0.4, 0.5) is 16.2 Å². The minimum absolute atomic E-state index is 0. The van der Waals surface area contributed by atoms with Gasteiger partial charge in [-0.05, 0) is 73.1 Å². The van der Waals surface area contributed by atoms with Crippen LogP contribution in [0.5, 0.6) is 0 Å². The fraction of sp³-hybridized carbons (Fsp3) is 0.386. The number of nitrogens with zero attached hydrogens (tertiary/aromatic N) is 4. The number of benzene rings is 2. The van der Waals surface area contributed by atoms with Gasteiger partial charge in [0.1, 0.15) is 11.4 Å². The number of urea groups is 1. The van der Waals surface area contributed by atoms with Gasteiger partial charge in [-0.25, -0.2) is 4.79 Å². The molecule has 0 radical (unpaired) electrons. The van der Waals surface area contributed by atoms with E-state index in [2.05, 4.69) is 63.1 Å². The third kappa shape index (κ3) is 15.8. The highest BCUT2D eigenvalue weighted by molar-refractivity contribution is 7.59. The van der Waals surface area contributed by atoms with Crippen LogP contribution in [0.15, 0.2) is 83.6 Å². The number of thiophene rings is 2. The minimum atomic E-state index is -0.0382. The van der Waals surface area contributed by atoms with Crippen LogP contribution in [0.2, 0.25) is 10.0 Å². The standard InChI is InChI=1S/C19H19ClN4OS.C11H13N3S.C6H6ClN.8CH4.2H2S/c1-12-9-16-15(18(22-21-16)17-7-4-8-26-17)11-24(12)19(25)23(2)14-6-3-5-13(20)10-14;1-7-5-9-8(6-12-7)11(14-13-9)10-3-2-4-15-10;7-5-2-1-3-6(8)4-5;;;;;;;;;;/h3-8,10,12H,9,11H2,1-2H3,(H,21,22);2-4,7,12H,5-6H2,1H3,(H,13,14);1-4H,8H2;8*1H4;2*1H2/t12-;7-;;;;;;;;;;;/m00.........../s1. The molecule has 15 heteroatoms. The molecule has 0 saturated carbocycles. The first kappa shape index (κ1) is 64.7. The first-order valence-electron chi connectivity index (χ1n) is 15.9. The number of fused-ring (bicyclic) bond motifs is 2. The van der Waals surface area contributed by atoms with Gasteiger partial charge in [0.25, 0.3) is 0 Å². The molecule has 334 valence electrons. The largest absolute Gasteiger partial charge is 0.399 e. The summed E-state index contributed by atoms with van der Waals surface area (Å²) in [5.41, 5.74) is 13.8. The second-order valence-corrected chi connectivity index (χ2v) is 14.8. The fourth-order valence-corrected chi connectivity index (χ4v) is 7.74. The maximum absolute atomic E-state index is 13.1. The normalized spacial score (nSPS) is 13.6. The summed E-state index contributed by atoms with van der Waals surface area (Å²) in [4.78, 5) is 19.1. The van der Waals surface area contributed by atoms with Crippen molar-refractivity contribution in [1.29, 1.82) is 0 Å². The van der Waals surface area contributed by atoms with E-state index in [0.717, 1.165) is 52.6 Å². The number of anilines is 2. The Morgan fingerprint density at radius 3 is 1.73 bits per heavy atom. The molecular weight excluding hydrogens is 856 g/mol. The number of nitrogens with two attached hydrogens (primary N) is 1. The van der Waals surface area contributed by atoms with Gasteiger partial charge in [-0.15, -0.1) is 22.7 Å². The quantitative estimate of drug-likeness (QED) is 0.132. The maximum atomic E-state index is 13.1. The monoisotopic (exact) mass is 928 g/mol. The van der Waals surface area contributed by atoms with Gasteiger partial charge < -0.3 is 16.0 Å². The summed E-state index contributed by atoms with van der Waals surface area (Å²) in [5.74, 6) is 0. The predicted molar refractivity (Wildman–Crippen MR) is 278 cm³/mol. The Morgan fingerprint density at radius 1 is 0.746 bits per heavy atom. The van der Waals surface area contributed by atoms with Crippen molar-refractivity contribution < 1.29 is 4.79 Å². The summed E-state index contributed by atoms with van der Waals surface area (Å²) in [6.45, 7) is 5.75. The number of carbonyl (C=O) groups is 1. The van der Waals surface area contributed by atoms with Crippen molar-refractivity contribution in [2.24, 2.45) is 0 Å². The number of nitrogens with one attached hydrogen (secondary N) is 3. The molecule has 0 unspecified atom stereocenters. The molecule has 2 aliphatic heterocycles. The van der Waals surface area contributed by atoms with E-state index in [0.29, 0.717) is 28.3 Å². The highest BCUT2D eigenvalue weighted by Gasteiger charge is 2.32. The Morgan fingerprint density at radius 2 is 1.25 bits per heavy atom. The molecule has 0 bridgehead atoms. The molecule has 0 aliphatic carbocycles. The Labute approximate surface area is 389 Å². The number of amides is 2. The first-order chi connectivity index (χ1) is 23.7. The lowest BCUT2D eigenvalue weighted by Crippen LogP contribution is -2.48. The fourth-order valence-electron chi connectivity index (χ4n) is 5.87. The van der Waals surface area contributed by atoms with E-state index in [4.69, 9.17) is 28.9 Å². The number of aromatic nitrogens is 4. The lowest BCUT2D eigenvalue weighted by atomic mass is 9.99. The molecule has 0 fully saturated rings. The van der Waals surface area contributed by atoms with E-state index in [1.807, 2.05) is 34.5 Å². The highest BCUT2D eigenvalue weighted by Crippen LogP contribution is 2.34. The third-order valence-electron chi connectivity index (χ3n) is 8.49. The topological polar surface area (TPSA) is 119 Å². The van der Waals surface area contributed by atoms with Crippen molar-refractivity contribution >= 4 is 90.3 Å². The SMILES string of the molecule is C.C.C.C.C.C.C.C.C[C@H]1Cc2[nH]nc(-c3cccs3)c2CN1.C[C@H]1Cc2[nH]nc(-c3cccs3)c2CN1C(=O)N(C)c1cccc(Cl)c1.Nc1cccc(Cl)c1.S.S. The molecule has 8 rings (SSSR count). The molecule has 2 aromatic carbocycles. The number of carbonyl (C=O) groups excluding carboxylic acids is 1. The molecule has 6 heterocycles. The van der Waals surface area contributed by atoms with Crippen LogP contribution in [0.3, 0.4) is 0 Å². The van der Waals surface area contributed by atoms with E-state index in [-0.39, 0.29) is 98.5 Å². The van der Waals surface area contributed by atoms with E-state index < -0.39 is 0 Å². The number of hydrogen-bond acceptors (Lipinski definition) is 7. The molecule has 0 saturated heterocycles. The minimum Gasteiger partial charge on any atom is -0.399 e. The van der Waals surface area contributed by atoms with Crippen molar-refractivity contribution in [2.45, 2.75) is 111 Å². The summed E-state index contributed by atoms with van der Waals surface area (Å²) in [6, 6.07) is 23.3. The van der Waals surface area contributed by atoms with Crippen LogP contribution >= 0.6 is 72.9 Å². The molecule has 6 aromatic rings. The van der Waals surface area contributed by atoms with Crippen LogP contribution in [0, 0.1) is 0 Å². The Kier molecular flexibility index (Phi) is 32.6. The molecule has 0 spiro atoms. The smallest absolute Gasteiger partial charge is 0.324 e. The van der Waals surface area contributed by atoms with Gasteiger partial charge in [0, 0.05) is 82.5 Å². The van der Waals surface area contributed by atoms with Gasteiger partial charge in [-0.2, -0.15) is 37.2 Å². The first-order valence-corrected chi connectivity index (χ1v) is 18.4. The Balaban J connectivity index is -0.000000256. The molecular formula is C44H74Cl2N8OS4. The third-order valence-corrected chi connectivity index (χ3v) is 10.7. The van der Waals surface area contributed by atoms with Gasteiger partial charge in [-0.1, -0.05) is 107 Å². The molecule has 4 aromatic heterocycles. The average molecular weight is 930 g/mol. The molecule has 5 N–H and O–H groups in total. The average Bonchev–Trinajstić information content (AvgIpc) is 3.91. The highest BCUT2D eigenvalue weighted by atomic mass is 35.5. The van der Waals surface area contributed by atoms with Crippen molar-refractivity contribution in [3.63, 3.8) is 0 Å². The van der Waals surface area contributed by atoms with Crippen molar-refractivity contribution in [3.05, 3.63) is 116 Å². The Bertz CT molecular complexity index is 1980. The second-order valence-electron chi connectivity index (χ2n) is 12.1. The van der Waals surface area contributed by atoms with Gasteiger partial charge in [0.05, 0.1) is 16.3 Å². The van der Waals surface area contributed by atoms with Gasteiger partial charge in [0.15, 0.2) is 0 Å². The van der Waals surface area contributed by atoms with Crippen LogP contribution in [-0.4, -0.2) is 50.5 Å². The molecule has 59 heavy (non-hydrogen) atoms. The summed E-state index contributed by atoms with van der Waals surface area (Å²) in [5, 5.41) is 24.1. The molecule has 2 aliphatic rings. The zero-order chi connectivity index (χ0) is 34.5. The van der Waals surface area contributed by atoms with Crippen molar-refractivity contribution in [3.8, 4) is 21.1 Å². The lowest BCUT2D eigenvalue weighted by molar-refractivity contribution is 0.176. The van der Waals surface area contributed by atoms with Crippen LogP contribution in [-0.2, 0) is 25.9 Å². The van der Waals surface area contributed by atoms with Crippen molar-refractivity contribution in [2.75, 3.05) is 17.7 Å². The lowest BCUT2D eigenvalue weighted by Gasteiger charge is -2.36. The van der Waals surface area contributed by atoms with E-state index in [1.165, 1.54) is 16.1 Å². The molecule has 2 amide bonds. The van der Waals surface area contributed by atoms with Gasteiger partial charge >= 0.3 is 6.03 Å². The van der Waals surface area contributed by atoms with Gasteiger partial charge in [0.2, 0.25) is 0 Å².